The van der Waals surface area contributed by atoms with E-state index in [9.17, 15) is 0 Å². The van der Waals surface area contributed by atoms with Crippen molar-refractivity contribution in [2.45, 2.75) is 47.0 Å². The van der Waals surface area contributed by atoms with Gasteiger partial charge in [-0.3, -0.25) is 4.99 Å². The minimum atomic E-state index is 0.788. The Morgan fingerprint density at radius 1 is 1.23 bits per heavy atom. The molecule has 120 valence electrons. The topological polar surface area (TPSA) is 21.6 Å². The number of hydrogen-bond acceptors (Lipinski definition) is 2. The highest BCUT2D eigenvalue weighted by molar-refractivity contribution is 6.10. The van der Waals surface area contributed by atoms with E-state index in [0.717, 1.165) is 43.7 Å². The molecule has 0 N–H and O–H groups in total. The second-order valence-electron chi connectivity index (χ2n) is 5.58. The van der Waals surface area contributed by atoms with Crippen LogP contribution in [0.2, 0.25) is 0 Å². The first-order valence-corrected chi connectivity index (χ1v) is 8.12. The van der Waals surface area contributed by atoms with E-state index in [1.165, 1.54) is 16.7 Å². The molecular weight excluding hydrogens is 270 g/mol. The van der Waals surface area contributed by atoms with Crippen LogP contribution in [0.5, 0.6) is 0 Å². The van der Waals surface area contributed by atoms with Gasteiger partial charge in [0, 0.05) is 25.1 Å². The molecule has 2 heteroatoms. The number of hydrogen-bond donors (Lipinski definition) is 0. The third-order valence-electron chi connectivity index (χ3n) is 3.64. The summed E-state index contributed by atoms with van der Waals surface area (Å²) >= 11 is 0. The van der Waals surface area contributed by atoms with Crippen LogP contribution >= 0.6 is 0 Å². The normalized spacial score (nSPS) is 12.1. The molecule has 0 saturated heterocycles. The van der Waals surface area contributed by atoms with Gasteiger partial charge in [-0.2, -0.15) is 0 Å². The SMILES string of the molecule is C=C(CCCOCCC)/N=C\C(=C/C)c1ccc(C)c(C)c1. The lowest BCUT2D eigenvalue weighted by atomic mass is 10.0. The first kappa shape index (κ1) is 18.4. The number of aliphatic imine (C=N–C) groups is 1. The minimum absolute atomic E-state index is 0.788. The Balaban J connectivity index is 2.55. The summed E-state index contributed by atoms with van der Waals surface area (Å²) in [5.41, 5.74) is 5.85. The van der Waals surface area contributed by atoms with Gasteiger partial charge in [-0.25, -0.2) is 0 Å². The maximum Gasteiger partial charge on any atom is 0.0469 e. The van der Waals surface area contributed by atoms with E-state index in [2.05, 4.69) is 56.6 Å². The lowest BCUT2D eigenvalue weighted by Gasteiger charge is -2.06. The van der Waals surface area contributed by atoms with Crippen LogP contribution in [-0.2, 0) is 4.74 Å². The molecule has 0 aromatic heterocycles. The molecule has 1 aromatic carbocycles. The lowest BCUT2D eigenvalue weighted by molar-refractivity contribution is 0.132. The summed E-state index contributed by atoms with van der Waals surface area (Å²) in [5, 5.41) is 0. The molecule has 0 bridgehead atoms. The Kier molecular flexibility index (Phi) is 8.46. The van der Waals surface area contributed by atoms with Crippen LogP contribution in [0.1, 0.15) is 49.8 Å². The van der Waals surface area contributed by atoms with Crippen molar-refractivity contribution in [3.8, 4) is 0 Å². The molecule has 2 nitrogen and oxygen atoms in total. The van der Waals surface area contributed by atoms with Crippen molar-refractivity contribution >= 4 is 11.8 Å². The molecule has 0 saturated carbocycles. The zero-order valence-corrected chi connectivity index (χ0v) is 14.5. The number of ether oxygens (including phenoxy) is 1. The highest BCUT2D eigenvalue weighted by Crippen LogP contribution is 2.17. The Hall–Kier alpha value is -1.67. The van der Waals surface area contributed by atoms with E-state index in [4.69, 9.17) is 4.74 Å². The summed E-state index contributed by atoms with van der Waals surface area (Å²) in [5.74, 6) is 0. The predicted octanol–water partition coefficient (Wildman–Crippen LogP) is 5.50. The highest BCUT2D eigenvalue weighted by Gasteiger charge is 2.00. The van der Waals surface area contributed by atoms with E-state index in [1.54, 1.807) is 0 Å². The van der Waals surface area contributed by atoms with Gasteiger partial charge in [0.25, 0.3) is 0 Å². The van der Waals surface area contributed by atoms with Gasteiger partial charge in [-0.1, -0.05) is 37.8 Å². The van der Waals surface area contributed by atoms with Gasteiger partial charge in [0.05, 0.1) is 0 Å². The average Bonchev–Trinajstić information content (AvgIpc) is 2.51. The Morgan fingerprint density at radius 3 is 2.64 bits per heavy atom. The molecule has 1 rings (SSSR count). The van der Waals surface area contributed by atoms with Gasteiger partial charge in [-0.05, 0) is 62.3 Å². The predicted molar refractivity (Wildman–Crippen MR) is 97.5 cm³/mol. The quantitative estimate of drug-likeness (QED) is 0.436. The van der Waals surface area contributed by atoms with Crippen molar-refractivity contribution < 1.29 is 4.74 Å². The lowest BCUT2D eigenvalue weighted by Crippen LogP contribution is -1.96. The van der Waals surface area contributed by atoms with Crippen molar-refractivity contribution in [3.63, 3.8) is 0 Å². The zero-order chi connectivity index (χ0) is 16.4. The average molecular weight is 299 g/mol. The van der Waals surface area contributed by atoms with Crippen molar-refractivity contribution in [1.82, 2.24) is 0 Å². The van der Waals surface area contributed by atoms with Gasteiger partial charge in [0.15, 0.2) is 0 Å². The highest BCUT2D eigenvalue weighted by atomic mass is 16.5. The molecule has 0 spiro atoms. The maximum absolute atomic E-state index is 5.47. The van der Waals surface area contributed by atoms with E-state index in [1.807, 2.05) is 13.1 Å². The first-order chi connectivity index (χ1) is 10.6. The smallest absolute Gasteiger partial charge is 0.0469 e. The van der Waals surface area contributed by atoms with Crippen molar-refractivity contribution in [1.29, 1.82) is 0 Å². The summed E-state index contributed by atoms with van der Waals surface area (Å²) in [6.45, 7) is 14.1. The van der Waals surface area contributed by atoms with Crippen LogP contribution in [0.15, 0.2) is 41.5 Å². The number of allylic oxidation sites excluding steroid dienone is 3. The van der Waals surface area contributed by atoms with Gasteiger partial charge >= 0.3 is 0 Å². The second-order valence-corrected chi connectivity index (χ2v) is 5.58. The molecule has 0 heterocycles. The van der Waals surface area contributed by atoms with Gasteiger partial charge in [-0.15, -0.1) is 0 Å². The van der Waals surface area contributed by atoms with Gasteiger partial charge in [0.1, 0.15) is 0 Å². The monoisotopic (exact) mass is 299 g/mol. The van der Waals surface area contributed by atoms with Crippen LogP contribution in [0.25, 0.3) is 5.57 Å². The number of aryl methyl sites for hydroxylation is 2. The van der Waals surface area contributed by atoms with Crippen molar-refractivity contribution in [3.05, 3.63) is 53.2 Å². The fraction of sp³-hybridized carbons (Fsp3) is 0.450. The summed E-state index contributed by atoms with van der Waals surface area (Å²) in [6, 6.07) is 6.50. The van der Waals surface area contributed by atoms with Gasteiger partial charge in [0.2, 0.25) is 0 Å². The maximum atomic E-state index is 5.47. The van der Waals surface area contributed by atoms with Crippen LogP contribution in [0.3, 0.4) is 0 Å². The zero-order valence-electron chi connectivity index (χ0n) is 14.5. The van der Waals surface area contributed by atoms with Crippen LogP contribution < -0.4 is 0 Å². The molecule has 0 atom stereocenters. The molecule has 1 aromatic rings. The van der Waals surface area contributed by atoms with Crippen molar-refractivity contribution in [2.24, 2.45) is 4.99 Å². The Bertz CT molecular complexity index is 541. The fourth-order valence-electron chi connectivity index (χ4n) is 2.09. The number of rotatable bonds is 9. The van der Waals surface area contributed by atoms with E-state index >= 15 is 0 Å². The van der Waals surface area contributed by atoms with Crippen molar-refractivity contribution in [2.75, 3.05) is 13.2 Å². The van der Waals surface area contributed by atoms with Crippen LogP contribution in [0, 0.1) is 13.8 Å². The summed E-state index contributed by atoms with van der Waals surface area (Å²) in [7, 11) is 0. The summed E-state index contributed by atoms with van der Waals surface area (Å²) < 4.78 is 5.47. The molecule has 0 radical (unpaired) electrons. The second kappa shape index (κ2) is 10.1. The minimum Gasteiger partial charge on any atom is -0.381 e. The molecule has 0 aliphatic rings. The standard InChI is InChI=1S/C20H29NO/c1-6-12-22-13-8-9-18(5)21-15-19(7-2)20-11-10-16(3)17(4)14-20/h7,10-11,14-15H,5-6,8-9,12-13H2,1-4H3/b19-7+,21-15-. The summed E-state index contributed by atoms with van der Waals surface area (Å²) in [6.07, 6.45) is 6.93. The first-order valence-electron chi connectivity index (χ1n) is 8.12. The van der Waals surface area contributed by atoms with Crippen LogP contribution in [0.4, 0.5) is 0 Å². The number of benzene rings is 1. The van der Waals surface area contributed by atoms with E-state index < -0.39 is 0 Å². The van der Waals surface area contributed by atoms with E-state index in [0.29, 0.717) is 0 Å². The third-order valence-corrected chi connectivity index (χ3v) is 3.64. The van der Waals surface area contributed by atoms with Crippen LogP contribution in [-0.4, -0.2) is 19.4 Å². The Labute approximate surface area is 135 Å². The molecular formula is C20H29NO. The molecule has 0 unspecified atom stereocenters. The molecule has 22 heavy (non-hydrogen) atoms. The fourth-order valence-corrected chi connectivity index (χ4v) is 2.09. The molecule has 0 amide bonds. The number of nitrogens with zero attached hydrogens (tertiary/aromatic N) is 1. The molecule has 0 aliphatic carbocycles. The molecule has 0 aliphatic heterocycles. The Morgan fingerprint density at radius 2 is 2.00 bits per heavy atom. The summed E-state index contributed by atoms with van der Waals surface area (Å²) in [4.78, 5) is 4.50. The largest absolute Gasteiger partial charge is 0.381 e. The van der Waals surface area contributed by atoms with Gasteiger partial charge < -0.3 is 4.74 Å². The van der Waals surface area contributed by atoms with E-state index in [-0.39, 0.29) is 0 Å². The third kappa shape index (κ3) is 6.40. The molecule has 0 fully saturated rings.